The predicted octanol–water partition coefficient (Wildman–Crippen LogP) is 2.90. The maximum Gasteiger partial charge on any atom is 0.150 e. The Labute approximate surface area is 116 Å². The summed E-state index contributed by atoms with van der Waals surface area (Å²) in [6.07, 6.45) is 9.21. The number of fused-ring (bicyclic) bond motifs is 1. The Morgan fingerprint density at radius 2 is 2.15 bits per heavy atom. The number of pyridine rings is 1. The summed E-state index contributed by atoms with van der Waals surface area (Å²) in [7, 11) is 0. The van der Waals surface area contributed by atoms with Crippen molar-refractivity contribution >= 4 is 5.52 Å². The summed E-state index contributed by atoms with van der Waals surface area (Å²) in [6.45, 7) is 0.828. The fourth-order valence-electron chi connectivity index (χ4n) is 2.73. The standard InChI is InChI=1S/C15H16N4O/c1-2-9-20-15(6-1)18-11-12(10-17-18)14-5-3-4-13-7-8-16-19(13)14/h3-5,7-8,10-11,15H,1-2,6,9H2. The lowest BCUT2D eigenvalue weighted by molar-refractivity contribution is -0.0394. The summed E-state index contributed by atoms with van der Waals surface area (Å²) in [5, 5.41) is 8.82. The van der Waals surface area contributed by atoms with Gasteiger partial charge in [0.2, 0.25) is 0 Å². The minimum atomic E-state index is 0.0781. The van der Waals surface area contributed by atoms with Gasteiger partial charge in [-0.15, -0.1) is 0 Å². The van der Waals surface area contributed by atoms with Crippen molar-refractivity contribution in [1.29, 1.82) is 0 Å². The van der Waals surface area contributed by atoms with Crippen molar-refractivity contribution in [2.45, 2.75) is 25.5 Å². The Hall–Kier alpha value is -2.14. The van der Waals surface area contributed by atoms with E-state index in [1.807, 2.05) is 46.0 Å². The minimum absolute atomic E-state index is 0.0781. The van der Waals surface area contributed by atoms with Crippen molar-refractivity contribution in [3.05, 3.63) is 42.9 Å². The lowest BCUT2D eigenvalue weighted by Crippen LogP contribution is -2.18. The molecule has 0 radical (unpaired) electrons. The molecular weight excluding hydrogens is 252 g/mol. The zero-order valence-corrected chi connectivity index (χ0v) is 11.1. The third-order valence-corrected chi connectivity index (χ3v) is 3.77. The van der Waals surface area contributed by atoms with E-state index >= 15 is 0 Å². The Morgan fingerprint density at radius 1 is 1.15 bits per heavy atom. The molecule has 0 saturated carbocycles. The molecule has 1 aliphatic rings. The highest BCUT2D eigenvalue weighted by Gasteiger charge is 2.17. The van der Waals surface area contributed by atoms with Crippen LogP contribution < -0.4 is 0 Å². The van der Waals surface area contributed by atoms with Crippen LogP contribution in [0.2, 0.25) is 0 Å². The first kappa shape index (κ1) is 11.7. The van der Waals surface area contributed by atoms with Crippen LogP contribution >= 0.6 is 0 Å². The first-order valence-corrected chi connectivity index (χ1v) is 7.01. The van der Waals surface area contributed by atoms with E-state index in [0.717, 1.165) is 36.2 Å². The Balaban J connectivity index is 1.72. The van der Waals surface area contributed by atoms with Crippen LogP contribution in [-0.4, -0.2) is 26.0 Å². The number of hydrogen-bond acceptors (Lipinski definition) is 3. The second-order valence-corrected chi connectivity index (χ2v) is 5.11. The van der Waals surface area contributed by atoms with E-state index in [2.05, 4.69) is 16.3 Å². The molecule has 0 amide bonds. The first-order valence-electron chi connectivity index (χ1n) is 7.01. The second-order valence-electron chi connectivity index (χ2n) is 5.11. The summed E-state index contributed by atoms with van der Waals surface area (Å²) in [5.41, 5.74) is 3.20. The molecule has 1 aliphatic heterocycles. The van der Waals surface area contributed by atoms with Crippen LogP contribution in [0.1, 0.15) is 25.5 Å². The lowest BCUT2D eigenvalue weighted by Gasteiger charge is -2.22. The fraction of sp³-hybridized carbons (Fsp3) is 0.333. The summed E-state index contributed by atoms with van der Waals surface area (Å²) >= 11 is 0. The molecule has 102 valence electrons. The molecule has 0 N–H and O–H groups in total. The first-order chi connectivity index (χ1) is 9.92. The number of rotatable bonds is 2. The maximum atomic E-state index is 5.76. The van der Waals surface area contributed by atoms with Gasteiger partial charge in [0.25, 0.3) is 0 Å². The van der Waals surface area contributed by atoms with Gasteiger partial charge in [-0.25, -0.2) is 9.20 Å². The van der Waals surface area contributed by atoms with Crippen LogP contribution in [-0.2, 0) is 4.74 Å². The molecule has 1 atom stereocenters. The third kappa shape index (κ3) is 1.91. The van der Waals surface area contributed by atoms with Crippen molar-refractivity contribution in [3.8, 4) is 11.3 Å². The largest absolute Gasteiger partial charge is 0.357 e. The highest BCUT2D eigenvalue weighted by atomic mass is 16.5. The van der Waals surface area contributed by atoms with Crippen molar-refractivity contribution in [3.63, 3.8) is 0 Å². The molecule has 1 saturated heterocycles. The van der Waals surface area contributed by atoms with Gasteiger partial charge in [0.15, 0.2) is 0 Å². The van der Waals surface area contributed by atoms with E-state index in [0.29, 0.717) is 0 Å². The van der Waals surface area contributed by atoms with E-state index in [1.165, 1.54) is 6.42 Å². The van der Waals surface area contributed by atoms with Crippen molar-refractivity contribution < 1.29 is 4.74 Å². The van der Waals surface area contributed by atoms with Gasteiger partial charge in [-0.3, -0.25) is 0 Å². The Morgan fingerprint density at radius 3 is 3.05 bits per heavy atom. The smallest absolute Gasteiger partial charge is 0.150 e. The number of nitrogens with zero attached hydrogens (tertiary/aromatic N) is 4. The number of ether oxygens (including phenoxy) is 1. The Bertz CT molecular complexity index is 724. The van der Waals surface area contributed by atoms with Crippen LogP contribution in [0.25, 0.3) is 16.8 Å². The zero-order valence-electron chi connectivity index (χ0n) is 11.1. The van der Waals surface area contributed by atoms with E-state index in [-0.39, 0.29) is 6.23 Å². The molecule has 20 heavy (non-hydrogen) atoms. The van der Waals surface area contributed by atoms with Crippen molar-refractivity contribution in [1.82, 2.24) is 19.4 Å². The normalized spacial score (nSPS) is 19.5. The molecule has 4 heterocycles. The van der Waals surface area contributed by atoms with Crippen molar-refractivity contribution in [2.24, 2.45) is 0 Å². The SMILES string of the molecule is c1cc(-c2cnn(C3CCCCO3)c2)n2nccc2c1. The topological polar surface area (TPSA) is 44.4 Å². The Kier molecular flexibility index (Phi) is 2.77. The van der Waals surface area contributed by atoms with Gasteiger partial charge in [0.05, 0.1) is 23.6 Å². The maximum absolute atomic E-state index is 5.76. The van der Waals surface area contributed by atoms with Gasteiger partial charge in [0.1, 0.15) is 6.23 Å². The van der Waals surface area contributed by atoms with Gasteiger partial charge in [-0.1, -0.05) is 6.07 Å². The molecule has 0 aliphatic carbocycles. The van der Waals surface area contributed by atoms with Crippen LogP contribution in [0.3, 0.4) is 0 Å². The monoisotopic (exact) mass is 268 g/mol. The van der Waals surface area contributed by atoms with E-state index < -0.39 is 0 Å². The van der Waals surface area contributed by atoms with Gasteiger partial charge in [-0.2, -0.15) is 10.2 Å². The van der Waals surface area contributed by atoms with Crippen LogP contribution in [0, 0.1) is 0 Å². The third-order valence-electron chi connectivity index (χ3n) is 3.77. The van der Waals surface area contributed by atoms with Crippen molar-refractivity contribution in [2.75, 3.05) is 6.61 Å². The number of hydrogen-bond donors (Lipinski definition) is 0. The lowest BCUT2D eigenvalue weighted by atomic mass is 10.2. The number of aromatic nitrogens is 4. The summed E-state index contributed by atoms with van der Waals surface area (Å²) in [5.74, 6) is 0. The van der Waals surface area contributed by atoms with Crippen LogP contribution in [0.15, 0.2) is 42.9 Å². The molecule has 0 bridgehead atoms. The molecule has 3 aromatic heterocycles. The molecule has 1 unspecified atom stereocenters. The van der Waals surface area contributed by atoms with E-state index in [4.69, 9.17) is 4.74 Å². The molecule has 3 aromatic rings. The van der Waals surface area contributed by atoms with Crippen LogP contribution in [0.4, 0.5) is 0 Å². The van der Waals surface area contributed by atoms with Gasteiger partial charge < -0.3 is 4.74 Å². The van der Waals surface area contributed by atoms with E-state index in [9.17, 15) is 0 Å². The molecule has 0 aromatic carbocycles. The predicted molar refractivity (Wildman–Crippen MR) is 75.3 cm³/mol. The minimum Gasteiger partial charge on any atom is -0.357 e. The average Bonchev–Trinajstić information content (AvgIpc) is 3.17. The quantitative estimate of drug-likeness (QED) is 0.718. The zero-order chi connectivity index (χ0) is 13.4. The fourth-order valence-corrected chi connectivity index (χ4v) is 2.73. The molecule has 5 heteroatoms. The van der Waals surface area contributed by atoms with Crippen LogP contribution in [0.5, 0.6) is 0 Å². The summed E-state index contributed by atoms with van der Waals surface area (Å²) < 4.78 is 9.62. The summed E-state index contributed by atoms with van der Waals surface area (Å²) in [6, 6.07) is 8.15. The molecule has 5 nitrogen and oxygen atoms in total. The summed E-state index contributed by atoms with van der Waals surface area (Å²) in [4.78, 5) is 0. The van der Waals surface area contributed by atoms with Gasteiger partial charge in [0, 0.05) is 18.4 Å². The highest BCUT2D eigenvalue weighted by Crippen LogP contribution is 2.25. The van der Waals surface area contributed by atoms with Gasteiger partial charge in [-0.05, 0) is 37.5 Å². The molecule has 1 fully saturated rings. The second kappa shape index (κ2) is 4.76. The molecule has 4 rings (SSSR count). The highest BCUT2D eigenvalue weighted by molar-refractivity contribution is 5.62. The van der Waals surface area contributed by atoms with E-state index in [1.54, 1.807) is 0 Å². The molecular formula is C15H16N4O. The average molecular weight is 268 g/mol. The van der Waals surface area contributed by atoms with Gasteiger partial charge >= 0.3 is 0 Å². The molecule has 0 spiro atoms.